The van der Waals surface area contributed by atoms with E-state index >= 15 is 0 Å². The lowest BCUT2D eigenvalue weighted by atomic mass is 9.93. The van der Waals surface area contributed by atoms with Gasteiger partial charge in [-0.2, -0.15) is 0 Å². The third-order valence-corrected chi connectivity index (χ3v) is 3.70. The summed E-state index contributed by atoms with van der Waals surface area (Å²) in [6.07, 6.45) is 0.193. The predicted molar refractivity (Wildman–Crippen MR) is 86.2 cm³/mol. The Labute approximate surface area is 128 Å². The van der Waals surface area contributed by atoms with Crippen molar-refractivity contribution in [2.24, 2.45) is 5.92 Å². The molecule has 4 heteroatoms. The zero-order chi connectivity index (χ0) is 16.0. The van der Waals surface area contributed by atoms with E-state index in [0.717, 1.165) is 5.56 Å². The third-order valence-electron chi connectivity index (χ3n) is 3.70. The summed E-state index contributed by atoms with van der Waals surface area (Å²) in [6, 6.07) is 8.03. The summed E-state index contributed by atoms with van der Waals surface area (Å²) in [5, 5.41) is 12.4. The van der Waals surface area contributed by atoms with Gasteiger partial charge in [-0.15, -0.1) is 0 Å². The smallest absolute Gasteiger partial charge is 0.317 e. The van der Waals surface area contributed by atoms with Crippen molar-refractivity contribution in [3.63, 3.8) is 0 Å². The normalized spacial score (nSPS) is 13.9. The molecule has 0 aromatic heterocycles. The Morgan fingerprint density at radius 1 is 1.29 bits per heavy atom. The van der Waals surface area contributed by atoms with Crippen LogP contribution in [0.15, 0.2) is 24.3 Å². The maximum atomic E-state index is 12.3. The number of hydrogen-bond acceptors (Lipinski definition) is 2. The fourth-order valence-corrected chi connectivity index (χ4v) is 2.26. The SMILES string of the molecule is Cc1ccccc1C(NC(=O)N(C)CCC(C)O)C(C)C. The Morgan fingerprint density at radius 2 is 1.90 bits per heavy atom. The number of nitrogens with zero attached hydrogens (tertiary/aromatic N) is 1. The van der Waals surface area contributed by atoms with Gasteiger partial charge in [-0.1, -0.05) is 38.1 Å². The molecule has 0 saturated heterocycles. The lowest BCUT2D eigenvalue weighted by Crippen LogP contribution is -2.42. The Bertz CT molecular complexity index is 458. The maximum absolute atomic E-state index is 12.3. The highest BCUT2D eigenvalue weighted by Gasteiger charge is 2.21. The highest BCUT2D eigenvalue weighted by Crippen LogP contribution is 2.24. The summed E-state index contributed by atoms with van der Waals surface area (Å²) in [7, 11) is 1.76. The molecule has 0 aliphatic carbocycles. The summed E-state index contributed by atoms with van der Waals surface area (Å²) in [5.74, 6) is 0.306. The average Bonchev–Trinajstić information content (AvgIpc) is 2.42. The molecule has 4 nitrogen and oxygen atoms in total. The molecule has 1 aromatic rings. The van der Waals surface area contributed by atoms with Gasteiger partial charge >= 0.3 is 6.03 Å². The van der Waals surface area contributed by atoms with Gasteiger partial charge in [0.15, 0.2) is 0 Å². The average molecular weight is 292 g/mol. The van der Waals surface area contributed by atoms with Crippen LogP contribution in [0.3, 0.4) is 0 Å². The molecule has 1 rings (SSSR count). The monoisotopic (exact) mass is 292 g/mol. The zero-order valence-corrected chi connectivity index (χ0v) is 13.8. The Kier molecular flexibility index (Phi) is 6.69. The maximum Gasteiger partial charge on any atom is 0.317 e. The number of aliphatic hydroxyl groups excluding tert-OH is 1. The molecule has 1 aromatic carbocycles. The minimum Gasteiger partial charge on any atom is -0.393 e. The van der Waals surface area contributed by atoms with Crippen molar-refractivity contribution in [3.05, 3.63) is 35.4 Å². The minimum absolute atomic E-state index is 0.00676. The summed E-state index contributed by atoms with van der Waals surface area (Å²) < 4.78 is 0. The fourth-order valence-electron chi connectivity index (χ4n) is 2.26. The predicted octanol–water partition coefficient (Wildman–Crippen LogP) is 3.10. The van der Waals surface area contributed by atoms with Crippen LogP contribution in [-0.2, 0) is 0 Å². The highest BCUT2D eigenvalue weighted by molar-refractivity contribution is 5.74. The van der Waals surface area contributed by atoms with E-state index in [2.05, 4.69) is 38.2 Å². The molecule has 0 heterocycles. The summed E-state index contributed by atoms with van der Waals surface area (Å²) in [6.45, 7) is 8.55. The molecule has 118 valence electrons. The summed E-state index contributed by atoms with van der Waals surface area (Å²) in [4.78, 5) is 13.9. The number of rotatable bonds is 6. The van der Waals surface area contributed by atoms with E-state index in [0.29, 0.717) is 18.9 Å². The Morgan fingerprint density at radius 3 is 2.43 bits per heavy atom. The van der Waals surface area contributed by atoms with Crippen molar-refractivity contribution in [1.82, 2.24) is 10.2 Å². The van der Waals surface area contributed by atoms with E-state index in [9.17, 15) is 9.90 Å². The molecule has 0 fully saturated rings. The molecule has 2 atom stereocenters. The van der Waals surface area contributed by atoms with Gasteiger partial charge in [-0.3, -0.25) is 0 Å². The fraction of sp³-hybridized carbons (Fsp3) is 0.588. The number of aryl methyl sites for hydroxylation is 1. The summed E-state index contributed by atoms with van der Waals surface area (Å²) >= 11 is 0. The van der Waals surface area contributed by atoms with Crippen LogP contribution in [0.25, 0.3) is 0 Å². The van der Waals surface area contributed by atoms with Crippen LogP contribution in [0.1, 0.15) is 44.4 Å². The highest BCUT2D eigenvalue weighted by atomic mass is 16.3. The number of nitrogens with one attached hydrogen (secondary N) is 1. The molecule has 0 bridgehead atoms. The molecule has 2 N–H and O–H groups in total. The van der Waals surface area contributed by atoms with Crippen LogP contribution >= 0.6 is 0 Å². The standard InChI is InChI=1S/C17H28N2O2/c1-12(2)16(15-9-7-6-8-13(15)3)18-17(21)19(5)11-10-14(4)20/h6-9,12,14,16,20H,10-11H2,1-5H3,(H,18,21). The molecule has 0 spiro atoms. The van der Waals surface area contributed by atoms with Gasteiger partial charge in [0.1, 0.15) is 0 Å². The van der Waals surface area contributed by atoms with Gasteiger partial charge in [0.05, 0.1) is 12.1 Å². The van der Waals surface area contributed by atoms with Crippen LogP contribution < -0.4 is 5.32 Å². The molecule has 0 aliphatic rings. The van der Waals surface area contributed by atoms with Crippen molar-refractivity contribution >= 4 is 6.03 Å². The molecule has 2 amide bonds. The lowest BCUT2D eigenvalue weighted by molar-refractivity contribution is 0.161. The first-order valence-corrected chi connectivity index (χ1v) is 7.58. The molecular weight excluding hydrogens is 264 g/mol. The van der Waals surface area contributed by atoms with Crippen molar-refractivity contribution < 1.29 is 9.90 Å². The first-order chi connectivity index (χ1) is 9.82. The number of hydrogen-bond donors (Lipinski definition) is 2. The van der Waals surface area contributed by atoms with Crippen LogP contribution in [0.5, 0.6) is 0 Å². The van der Waals surface area contributed by atoms with Crippen LogP contribution in [-0.4, -0.2) is 35.7 Å². The first kappa shape index (κ1) is 17.5. The van der Waals surface area contributed by atoms with Gasteiger partial charge < -0.3 is 15.3 Å². The van der Waals surface area contributed by atoms with Crippen LogP contribution in [0.2, 0.25) is 0 Å². The summed E-state index contributed by atoms with van der Waals surface area (Å²) in [5.41, 5.74) is 2.34. The zero-order valence-electron chi connectivity index (χ0n) is 13.8. The topological polar surface area (TPSA) is 52.6 Å². The number of benzene rings is 1. The van der Waals surface area contributed by atoms with E-state index in [1.54, 1.807) is 18.9 Å². The van der Waals surface area contributed by atoms with E-state index in [1.165, 1.54) is 5.56 Å². The first-order valence-electron chi connectivity index (χ1n) is 7.58. The van der Waals surface area contributed by atoms with Crippen molar-refractivity contribution in [2.75, 3.05) is 13.6 Å². The van der Waals surface area contributed by atoms with Gasteiger partial charge in [-0.25, -0.2) is 4.79 Å². The van der Waals surface area contributed by atoms with Gasteiger partial charge in [0.25, 0.3) is 0 Å². The van der Waals surface area contributed by atoms with Gasteiger partial charge in [0.2, 0.25) is 0 Å². The molecular formula is C17H28N2O2. The van der Waals surface area contributed by atoms with E-state index in [1.807, 2.05) is 12.1 Å². The molecule has 0 radical (unpaired) electrons. The number of carbonyl (C=O) groups is 1. The largest absolute Gasteiger partial charge is 0.393 e. The van der Waals surface area contributed by atoms with Gasteiger partial charge in [0, 0.05) is 13.6 Å². The number of carbonyl (C=O) groups excluding carboxylic acids is 1. The van der Waals surface area contributed by atoms with Crippen molar-refractivity contribution in [1.29, 1.82) is 0 Å². The van der Waals surface area contributed by atoms with Crippen molar-refractivity contribution in [2.45, 2.75) is 46.3 Å². The number of urea groups is 1. The molecule has 2 unspecified atom stereocenters. The number of amides is 2. The van der Waals surface area contributed by atoms with Crippen LogP contribution in [0.4, 0.5) is 4.79 Å². The second-order valence-corrected chi connectivity index (χ2v) is 6.09. The molecule has 21 heavy (non-hydrogen) atoms. The number of aliphatic hydroxyl groups is 1. The van der Waals surface area contributed by atoms with Gasteiger partial charge in [-0.05, 0) is 37.3 Å². The lowest BCUT2D eigenvalue weighted by Gasteiger charge is -2.27. The second-order valence-electron chi connectivity index (χ2n) is 6.09. The Balaban J connectivity index is 2.75. The molecule has 0 saturated carbocycles. The van der Waals surface area contributed by atoms with E-state index in [-0.39, 0.29) is 12.1 Å². The van der Waals surface area contributed by atoms with E-state index < -0.39 is 6.10 Å². The minimum atomic E-state index is -0.391. The molecule has 0 aliphatic heterocycles. The van der Waals surface area contributed by atoms with E-state index in [4.69, 9.17) is 0 Å². The quantitative estimate of drug-likeness (QED) is 0.846. The van der Waals surface area contributed by atoms with Crippen LogP contribution in [0, 0.1) is 12.8 Å². The Hall–Kier alpha value is -1.55. The second kappa shape index (κ2) is 8.03. The third kappa shape index (κ3) is 5.38. The van der Waals surface area contributed by atoms with Crippen molar-refractivity contribution in [3.8, 4) is 0 Å².